The molecule has 1 aromatic carbocycles. The number of nitrogens with zero attached hydrogens (tertiary/aromatic N) is 4. The highest BCUT2D eigenvalue weighted by Gasteiger charge is 2.23. The van der Waals surface area contributed by atoms with Gasteiger partial charge in [-0.1, -0.05) is 30.7 Å². The average molecular weight is 388 g/mol. The summed E-state index contributed by atoms with van der Waals surface area (Å²) in [6, 6.07) is 9.56. The molecule has 1 aromatic heterocycles. The number of likely N-dealkylation sites (N-methyl/N-ethyl adjacent to an activating group) is 1. The number of piperazine rings is 1. The number of halogens is 1. The van der Waals surface area contributed by atoms with Crippen LogP contribution in [0.25, 0.3) is 0 Å². The van der Waals surface area contributed by atoms with Crippen molar-refractivity contribution < 1.29 is 4.79 Å². The molecule has 0 saturated carbocycles. The Bertz CT molecular complexity index is 790. The maximum absolute atomic E-state index is 12.8. The number of rotatable bonds is 6. The SMILES string of the molecule is CCN1CCN(C(=O)c2cc(NCCc3cccc(Cl)c3)nc(C)n2)CC1. The molecular weight excluding hydrogens is 362 g/mol. The number of hydrogen-bond donors (Lipinski definition) is 1. The Morgan fingerprint density at radius 1 is 1.19 bits per heavy atom. The lowest BCUT2D eigenvalue weighted by Crippen LogP contribution is -2.48. The zero-order valence-corrected chi connectivity index (χ0v) is 16.7. The summed E-state index contributed by atoms with van der Waals surface area (Å²) in [5, 5.41) is 4.03. The summed E-state index contributed by atoms with van der Waals surface area (Å²) < 4.78 is 0. The Labute approximate surface area is 165 Å². The van der Waals surface area contributed by atoms with Crippen LogP contribution in [0.4, 0.5) is 5.82 Å². The van der Waals surface area contributed by atoms with Gasteiger partial charge in [-0.3, -0.25) is 4.79 Å². The molecule has 1 aliphatic heterocycles. The first-order valence-electron chi connectivity index (χ1n) is 9.41. The van der Waals surface area contributed by atoms with Crippen molar-refractivity contribution >= 4 is 23.3 Å². The summed E-state index contributed by atoms with van der Waals surface area (Å²) >= 11 is 6.02. The highest BCUT2D eigenvalue weighted by molar-refractivity contribution is 6.30. The van der Waals surface area contributed by atoms with Gasteiger partial charge in [0.2, 0.25) is 0 Å². The maximum atomic E-state index is 12.8. The number of hydrogen-bond acceptors (Lipinski definition) is 5. The fourth-order valence-electron chi connectivity index (χ4n) is 3.22. The minimum absolute atomic E-state index is 0.0193. The van der Waals surface area contributed by atoms with Crippen LogP contribution in [0, 0.1) is 6.92 Å². The third-order valence-electron chi connectivity index (χ3n) is 4.77. The van der Waals surface area contributed by atoms with Crippen LogP contribution in [0.5, 0.6) is 0 Å². The van der Waals surface area contributed by atoms with Crippen molar-refractivity contribution in [1.82, 2.24) is 19.8 Å². The predicted molar refractivity (Wildman–Crippen MR) is 108 cm³/mol. The Morgan fingerprint density at radius 2 is 1.96 bits per heavy atom. The van der Waals surface area contributed by atoms with E-state index >= 15 is 0 Å². The summed E-state index contributed by atoms with van der Waals surface area (Å²) in [5.41, 5.74) is 1.61. The van der Waals surface area contributed by atoms with Crippen LogP contribution in [-0.2, 0) is 6.42 Å². The van der Waals surface area contributed by atoms with E-state index in [1.165, 1.54) is 0 Å². The molecule has 1 saturated heterocycles. The highest BCUT2D eigenvalue weighted by atomic mass is 35.5. The molecule has 144 valence electrons. The van der Waals surface area contributed by atoms with E-state index in [1.807, 2.05) is 36.1 Å². The van der Waals surface area contributed by atoms with Crippen LogP contribution in [0.2, 0.25) is 5.02 Å². The lowest BCUT2D eigenvalue weighted by Gasteiger charge is -2.33. The summed E-state index contributed by atoms with van der Waals surface area (Å²) in [6.45, 7) is 9.00. The Hall–Kier alpha value is -2.18. The smallest absolute Gasteiger partial charge is 0.272 e. The van der Waals surface area contributed by atoms with Gasteiger partial charge in [0.15, 0.2) is 0 Å². The molecule has 2 heterocycles. The van der Waals surface area contributed by atoms with Crippen molar-refractivity contribution in [2.45, 2.75) is 20.3 Å². The molecule has 7 heteroatoms. The molecule has 0 unspecified atom stereocenters. The van der Waals surface area contributed by atoms with Crippen molar-refractivity contribution in [2.75, 3.05) is 44.6 Å². The van der Waals surface area contributed by atoms with Gasteiger partial charge in [-0.25, -0.2) is 9.97 Å². The van der Waals surface area contributed by atoms with E-state index in [2.05, 4.69) is 27.1 Å². The zero-order valence-electron chi connectivity index (χ0n) is 15.9. The number of amides is 1. The fourth-order valence-corrected chi connectivity index (χ4v) is 3.44. The van der Waals surface area contributed by atoms with Gasteiger partial charge in [0.25, 0.3) is 5.91 Å². The number of aryl methyl sites for hydroxylation is 1. The number of benzene rings is 1. The van der Waals surface area contributed by atoms with Crippen molar-refractivity contribution in [2.24, 2.45) is 0 Å². The molecule has 0 aliphatic carbocycles. The van der Waals surface area contributed by atoms with Crippen molar-refractivity contribution in [3.05, 3.63) is 52.4 Å². The van der Waals surface area contributed by atoms with Gasteiger partial charge in [0.1, 0.15) is 17.3 Å². The molecule has 0 spiro atoms. The summed E-state index contributed by atoms with van der Waals surface area (Å²) in [4.78, 5) is 25.8. The lowest BCUT2D eigenvalue weighted by molar-refractivity contribution is 0.0637. The standard InChI is InChI=1S/C20H26ClN5O/c1-3-25-9-11-26(12-10-25)20(27)18-14-19(24-15(2)23-18)22-8-7-16-5-4-6-17(21)13-16/h4-6,13-14H,3,7-12H2,1-2H3,(H,22,23,24). The molecular formula is C20H26ClN5O. The van der Waals surface area contributed by atoms with Crippen molar-refractivity contribution in [3.8, 4) is 0 Å². The molecule has 0 bridgehead atoms. The van der Waals surface area contributed by atoms with Crippen LogP contribution >= 0.6 is 11.6 Å². The fraction of sp³-hybridized carbons (Fsp3) is 0.450. The monoisotopic (exact) mass is 387 g/mol. The number of nitrogens with one attached hydrogen (secondary N) is 1. The molecule has 1 fully saturated rings. The quantitative estimate of drug-likeness (QED) is 0.825. The van der Waals surface area contributed by atoms with E-state index in [-0.39, 0.29) is 5.91 Å². The van der Waals surface area contributed by atoms with Crippen LogP contribution < -0.4 is 5.32 Å². The number of anilines is 1. The second-order valence-electron chi connectivity index (χ2n) is 6.72. The lowest BCUT2D eigenvalue weighted by atomic mass is 10.1. The summed E-state index contributed by atoms with van der Waals surface area (Å²) in [5.74, 6) is 1.26. The van der Waals surface area contributed by atoms with Crippen LogP contribution in [0.3, 0.4) is 0 Å². The van der Waals surface area contributed by atoms with Crippen LogP contribution in [-0.4, -0.2) is 64.9 Å². The first kappa shape index (κ1) is 19.6. The van der Waals surface area contributed by atoms with Gasteiger partial charge in [-0.2, -0.15) is 0 Å². The Kier molecular flexibility index (Phi) is 6.63. The highest BCUT2D eigenvalue weighted by Crippen LogP contribution is 2.13. The molecule has 6 nitrogen and oxygen atoms in total. The third-order valence-corrected chi connectivity index (χ3v) is 5.01. The molecule has 2 aromatic rings. The van der Waals surface area contributed by atoms with Crippen LogP contribution in [0.1, 0.15) is 28.8 Å². The molecule has 1 amide bonds. The molecule has 0 atom stereocenters. The van der Waals surface area contributed by atoms with Gasteiger partial charge in [-0.15, -0.1) is 0 Å². The summed E-state index contributed by atoms with van der Waals surface area (Å²) in [7, 11) is 0. The second kappa shape index (κ2) is 9.15. The first-order chi connectivity index (χ1) is 13.0. The molecule has 27 heavy (non-hydrogen) atoms. The van der Waals surface area contributed by atoms with E-state index in [0.29, 0.717) is 23.9 Å². The van der Waals surface area contributed by atoms with Crippen molar-refractivity contribution in [3.63, 3.8) is 0 Å². The van der Waals surface area contributed by atoms with Gasteiger partial charge >= 0.3 is 0 Å². The molecule has 0 radical (unpaired) electrons. The van der Waals surface area contributed by atoms with E-state index in [1.54, 1.807) is 6.07 Å². The molecule has 3 rings (SSSR count). The van der Waals surface area contributed by atoms with Gasteiger partial charge < -0.3 is 15.1 Å². The molecule has 1 N–H and O–H groups in total. The maximum Gasteiger partial charge on any atom is 0.272 e. The minimum Gasteiger partial charge on any atom is -0.370 e. The minimum atomic E-state index is -0.0193. The van der Waals surface area contributed by atoms with Crippen LogP contribution in [0.15, 0.2) is 30.3 Å². The van der Waals surface area contributed by atoms with Gasteiger partial charge in [0.05, 0.1) is 0 Å². The summed E-state index contributed by atoms with van der Waals surface area (Å²) in [6.07, 6.45) is 0.825. The second-order valence-corrected chi connectivity index (χ2v) is 7.16. The zero-order chi connectivity index (χ0) is 19.2. The predicted octanol–water partition coefficient (Wildman–Crippen LogP) is 2.87. The van der Waals surface area contributed by atoms with Gasteiger partial charge in [0, 0.05) is 43.8 Å². The third kappa shape index (κ3) is 5.40. The van der Waals surface area contributed by atoms with E-state index in [4.69, 9.17) is 11.6 Å². The van der Waals surface area contributed by atoms with E-state index in [9.17, 15) is 4.79 Å². The van der Waals surface area contributed by atoms with Gasteiger partial charge in [-0.05, 0) is 37.6 Å². The van der Waals surface area contributed by atoms with Crippen molar-refractivity contribution in [1.29, 1.82) is 0 Å². The molecule has 1 aliphatic rings. The Balaban J connectivity index is 1.61. The van der Waals surface area contributed by atoms with E-state index < -0.39 is 0 Å². The average Bonchev–Trinajstić information content (AvgIpc) is 2.67. The van der Waals surface area contributed by atoms with E-state index in [0.717, 1.165) is 49.7 Å². The Morgan fingerprint density at radius 3 is 2.67 bits per heavy atom. The number of carbonyl (C=O) groups is 1. The topological polar surface area (TPSA) is 61.4 Å². The first-order valence-corrected chi connectivity index (χ1v) is 9.78. The largest absolute Gasteiger partial charge is 0.370 e. The number of carbonyl (C=O) groups excluding carboxylic acids is 1. The normalized spacial score (nSPS) is 15.0. The number of aromatic nitrogens is 2.